The van der Waals surface area contributed by atoms with Gasteiger partial charge in [0.15, 0.2) is 0 Å². The van der Waals surface area contributed by atoms with Crippen molar-refractivity contribution < 1.29 is 4.42 Å². The molecule has 0 saturated carbocycles. The molecule has 6 nitrogen and oxygen atoms in total. The Morgan fingerprint density at radius 3 is 2.54 bits per heavy atom. The van der Waals surface area contributed by atoms with Crippen molar-refractivity contribution in [1.82, 2.24) is 0 Å². The molecule has 0 fully saturated rings. The van der Waals surface area contributed by atoms with Crippen molar-refractivity contribution in [2.45, 2.75) is 6.04 Å². The van der Waals surface area contributed by atoms with Gasteiger partial charge in [0, 0.05) is 10.9 Å². The summed E-state index contributed by atoms with van der Waals surface area (Å²) in [6.45, 7) is 0. The summed E-state index contributed by atoms with van der Waals surface area (Å²) in [5, 5.41) is 0.700. The molecule has 0 amide bonds. The molecule has 0 saturated heterocycles. The lowest BCUT2D eigenvalue weighted by Gasteiger charge is -2.12. The molecule has 0 bridgehead atoms. The molecule has 6 heteroatoms. The first-order valence-corrected chi connectivity index (χ1v) is 8.10. The van der Waals surface area contributed by atoms with Gasteiger partial charge in [-0.25, -0.2) is 9.79 Å². The van der Waals surface area contributed by atoms with Crippen LogP contribution in [0, 0.1) is 0 Å². The number of guanidine groups is 1. The van der Waals surface area contributed by atoms with Crippen LogP contribution in [0.5, 0.6) is 0 Å². The fourth-order valence-corrected chi connectivity index (χ4v) is 3.03. The minimum atomic E-state index is -0.643. The highest BCUT2D eigenvalue weighted by Crippen LogP contribution is 2.28. The fraction of sp³-hybridized carbons (Fsp3) is 0.0500. The second kappa shape index (κ2) is 6.33. The Hall–Kier alpha value is -3.67. The van der Waals surface area contributed by atoms with Gasteiger partial charge in [-0.2, -0.15) is 4.99 Å². The Balaban J connectivity index is 1.95. The number of rotatable bonds is 2. The van der Waals surface area contributed by atoms with E-state index in [4.69, 9.17) is 15.9 Å². The third-order valence-corrected chi connectivity index (χ3v) is 4.18. The van der Waals surface area contributed by atoms with Crippen LogP contribution in [0.25, 0.3) is 17.0 Å². The number of amidine groups is 1. The molecular weight excluding hydrogens is 328 g/mol. The number of hydrogen-bond acceptors (Lipinski definition) is 6. The standard InChI is InChI=1S/C20H16N4O2/c21-18-16-13-8-4-5-9-15(13)26-19(25)17(16)14(23-20(22)24-18)11-10-12-6-2-1-3-7-12/h1-11,14H,(H4,21,22,23,24)/b11-10+. The Morgan fingerprint density at radius 2 is 1.73 bits per heavy atom. The first-order valence-electron chi connectivity index (χ1n) is 8.10. The number of nitrogens with zero attached hydrogens (tertiary/aromatic N) is 2. The van der Waals surface area contributed by atoms with Gasteiger partial charge in [-0.3, -0.25) is 0 Å². The van der Waals surface area contributed by atoms with Crippen LogP contribution >= 0.6 is 0 Å². The summed E-state index contributed by atoms with van der Waals surface area (Å²) in [6.07, 6.45) is 3.67. The molecule has 1 aliphatic heterocycles. The van der Waals surface area contributed by atoms with Crippen molar-refractivity contribution in [3.05, 3.63) is 87.8 Å². The van der Waals surface area contributed by atoms with E-state index in [9.17, 15) is 4.79 Å². The van der Waals surface area contributed by atoms with Gasteiger partial charge < -0.3 is 15.9 Å². The molecule has 4 rings (SSSR count). The van der Waals surface area contributed by atoms with Gasteiger partial charge in [-0.15, -0.1) is 0 Å². The molecule has 1 aromatic heterocycles. The molecule has 0 spiro atoms. The lowest BCUT2D eigenvalue weighted by molar-refractivity contribution is 0.546. The van der Waals surface area contributed by atoms with Crippen LogP contribution in [0.15, 0.2) is 79.9 Å². The van der Waals surface area contributed by atoms with E-state index in [1.54, 1.807) is 18.2 Å². The number of hydrogen-bond donors (Lipinski definition) is 2. The SMILES string of the molecule is NC1=NC(/C=C/c2ccccc2)c2c(c3ccccc3oc2=O)C(N)=N1. The molecule has 1 atom stereocenters. The topological polar surface area (TPSA) is 107 Å². The Labute approximate surface area is 149 Å². The molecule has 2 heterocycles. The molecule has 0 aliphatic carbocycles. The first-order chi connectivity index (χ1) is 12.6. The summed E-state index contributed by atoms with van der Waals surface area (Å²) < 4.78 is 5.47. The van der Waals surface area contributed by atoms with Gasteiger partial charge >= 0.3 is 5.63 Å². The van der Waals surface area contributed by atoms with Gasteiger partial charge in [0.25, 0.3) is 0 Å². The third-order valence-electron chi connectivity index (χ3n) is 4.18. The molecule has 4 N–H and O–H groups in total. The summed E-state index contributed by atoms with van der Waals surface area (Å²) in [5.74, 6) is 0.172. The van der Waals surface area contributed by atoms with Crippen LogP contribution in [0.1, 0.15) is 22.7 Å². The van der Waals surface area contributed by atoms with E-state index in [2.05, 4.69) is 9.98 Å². The zero-order valence-electron chi connectivity index (χ0n) is 13.8. The van der Waals surface area contributed by atoms with Crippen LogP contribution in [0.3, 0.4) is 0 Å². The molecule has 1 unspecified atom stereocenters. The number of para-hydroxylation sites is 1. The van der Waals surface area contributed by atoms with Crippen LogP contribution < -0.4 is 17.1 Å². The van der Waals surface area contributed by atoms with Crippen LogP contribution in [-0.2, 0) is 0 Å². The Kier molecular flexibility index (Phi) is 3.85. The Bertz CT molecular complexity index is 1130. The summed E-state index contributed by atoms with van der Waals surface area (Å²) in [5.41, 5.74) is 13.8. The van der Waals surface area contributed by atoms with Gasteiger partial charge in [0.05, 0.1) is 5.56 Å². The fourth-order valence-electron chi connectivity index (χ4n) is 3.03. The van der Waals surface area contributed by atoms with Crippen molar-refractivity contribution in [1.29, 1.82) is 0 Å². The Morgan fingerprint density at radius 1 is 1.00 bits per heavy atom. The zero-order chi connectivity index (χ0) is 18.1. The average Bonchev–Trinajstić information content (AvgIpc) is 2.77. The maximum absolute atomic E-state index is 12.7. The number of aliphatic imine (C=N–C) groups is 2. The van der Waals surface area contributed by atoms with Gasteiger partial charge in [0.2, 0.25) is 5.96 Å². The average molecular weight is 344 g/mol. The number of benzene rings is 2. The minimum Gasteiger partial charge on any atom is -0.422 e. The molecule has 3 aromatic rings. The van der Waals surface area contributed by atoms with Crippen molar-refractivity contribution in [2.75, 3.05) is 0 Å². The lowest BCUT2D eigenvalue weighted by Crippen LogP contribution is -2.22. The van der Waals surface area contributed by atoms with Crippen molar-refractivity contribution in [3.8, 4) is 0 Å². The van der Waals surface area contributed by atoms with Gasteiger partial charge in [-0.05, 0) is 11.6 Å². The molecule has 2 aromatic carbocycles. The largest absolute Gasteiger partial charge is 0.422 e. The quantitative estimate of drug-likeness (QED) is 0.697. The molecular formula is C20H16N4O2. The predicted octanol–water partition coefficient (Wildman–Crippen LogP) is 2.58. The highest BCUT2D eigenvalue weighted by Gasteiger charge is 2.25. The monoisotopic (exact) mass is 344 g/mol. The normalized spacial score (nSPS) is 16.8. The van der Waals surface area contributed by atoms with Crippen molar-refractivity contribution >= 4 is 28.8 Å². The van der Waals surface area contributed by atoms with Crippen molar-refractivity contribution in [2.24, 2.45) is 21.5 Å². The van der Waals surface area contributed by atoms with Crippen LogP contribution in [0.2, 0.25) is 0 Å². The predicted molar refractivity (Wildman–Crippen MR) is 103 cm³/mol. The minimum absolute atomic E-state index is 0.0184. The van der Waals surface area contributed by atoms with Crippen LogP contribution in [0.4, 0.5) is 0 Å². The summed E-state index contributed by atoms with van der Waals surface area (Å²) in [7, 11) is 0. The zero-order valence-corrected chi connectivity index (χ0v) is 13.8. The van der Waals surface area contributed by atoms with E-state index in [1.165, 1.54) is 0 Å². The highest BCUT2D eigenvalue weighted by molar-refractivity contribution is 6.13. The van der Waals surface area contributed by atoms with E-state index in [0.29, 0.717) is 22.1 Å². The summed E-state index contributed by atoms with van der Waals surface area (Å²) in [4.78, 5) is 21.1. The van der Waals surface area contributed by atoms with Gasteiger partial charge in [0.1, 0.15) is 17.5 Å². The molecule has 1 aliphatic rings. The van der Waals surface area contributed by atoms with Gasteiger partial charge in [-0.1, -0.05) is 60.7 Å². The van der Waals surface area contributed by atoms with E-state index < -0.39 is 11.7 Å². The molecule has 128 valence electrons. The summed E-state index contributed by atoms with van der Waals surface area (Å²) in [6, 6.07) is 16.2. The number of nitrogens with two attached hydrogens (primary N) is 2. The first kappa shape index (κ1) is 15.8. The van der Waals surface area contributed by atoms with E-state index in [-0.39, 0.29) is 11.8 Å². The number of fused-ring (bicyclic) bond motifs is 3. The van der Waals surface area contributed by atoms with Crippen LogP contribution in [-0.4, -0.2) is 11.8 Å². The smallest absolute Gasteiger partial charge is 0.342 e. The summed E-state index contributed by atoms with van der Waals surface area (Å²) >= 11 is 0. The maximum Gasteiger partial charge on any atom is 0.342 e. The second-order valence-electron chi connectivity index (χ2n) is 5.87. The third kappa shape index (κ3) is 2.77. The highest BCUT2D eigenvalue weighted by atomic mass is 16.4. The van der Waals surface area contributed by atoms with E-state index in [0.717, 1.165) is 5.56 Å². The van der Waals surface area contributed by atoms with E-state index >= 15 is 0 Å². The maximum atomic E-state index is 12.7. The molecule has 26 heavy (non-hydrogen) atoms. The molecule has 0 radical (unpaired) electrons. The lowest BCUT2D eigenvalue weighted by atomic mass is 9.97. The van der Waals surface area contributed by atoms with Crippen molar-refractivity contribution in [3.63, 3.8) is 0 Å². The van der Waals surface area contributed by atoms with E-state index in [1.807, 2.05) is 48.5 Å². The second-order valence-corrected chi connectivity index (χ2v) is 5.87.